The molecule has 0 radical (unpaired) electrons. The average Bonchev–Trinajstić information content (AvgIpc) is 2.98. The van der Waals surface area contributed by atoms with Crippen molar-refractivity contribution in [3.63, 3.8) is 0 Å². The van der Waals surface area contributed by atoms with E-state index in [4.69, 9.17) is 16.0 Å². The molecule has 4 nitrogen and oxygen atoms in total. The molecule has 0 aliphatic heterocycles. The molecule has 0 fully saturated rings. The lowest BCUT2D eigenvalue weighted by Gasteiger charge is -2.02. The molecule has 0 unspecified atom stereocenters. The number of aromatic nitrogens is 3. The second-order valence-corrected chi connectivity index (χ2v) is 5.82. The van der Waals surface area contributed by atoms with E-state index < -0.39 is 0 Å². The van der Waals surface area contributed by atoms with Crippen LogP contribution in [0.15, 0.2) is 52.4 Å². The SMILES string of the molecule is Fc1cccc(Cl)c1Cc1nnc(SCc2cccnc2)o1. The summed E-state index contributed by atoms with van der Waals surface area (Å²) in [5.74, 6) is 0.631. The lowest BCUT2D eigenvalue weighted by Crippen LogP contribution is -1.94. The van der Waals surface area contributed by atoms with Gasteiger partial charge in [-0.05, 0) is 23.8 Å². The first-order valence-electron chi connectivity index (χ1n) is 6.49. The number of pyridine rings is 1. The molecule has 1 aromatic carbocycles. The van der Waals surface area contributed by atoms with E-state index in [0.29, 0.717) is 27.5 Å². The van der Waals surface area contributed by atoms with Crippen LogP contribution in [0.4, 0.5) is 4.39 Å². The molecule has 112 valence electrons. The molecule has 0 aliphatic rings. The van der Waals surface area contributed by atoms with Crippen LogP contribution in [0.3, 0.4) is 0 Å². The maximum absolute atomic E-state index is 13.7. The highest BCUT2D eigenvalue weighted by atomic mass is 35.5. The van der Waals surface area contributed by atoms with E-state index in [1.165, 1.54) is 17.8 Å². The predicted molar refractivity (Wildman–Crippen MR) is 82.3 cm³/mol. The predicted octanol–water partition coefficient (Wildman–Crippen LogP) is 4.14. The van der Waals surface area contributed by atoms with Crippen LogP contribution in [-0.4, -0.2) is 15.2 Å². The fourth-order valence-corrected chi connectivity index (χ4v) is 2.79. The maximum atomic E-state index is 13.7. The minimum absolute atomic E-state index is 0.173. The molecule has 2 aromatic heterocycles. The largest absolute Gasteiger partial charge is 0.416 e. The van der Waals surface area contributed by atoms with Crippen LogP contribution in [0.2, 0.25) is 5.02 Å². The molecule has 0 atom stereocenters. The fraction of sp³-hybridized carbons (Fsp3) is 0.133. The number of nitrogens with zero attached hydrogens (tertiary/aromatic N) is 3. The Morgan fingerprint density at radius 2 is 2.09 bits per heavy atom. The van der Waals surface area contributed by atoms with Crippen LogP contribution in [0.5, 0.6) is 0 Å². The molecule has 0 aliphatic carbocycles. The summed E-state index contributed by atoms with van der Waals surface area (Å²) in [5, 5.41) is 8.66. The monoisotopic (exact) mass is 335 g/mol. The Hall–Kier alpha value is -1.92. The quantitative estimate of drug-likeness (QED) is 0.656. The molecule has 0 amide bonds. The number of thioether (sulfide) groups is 1. The average molecular weight is 336 g/mol. The summed E-state index contributed by atoms with van der Waals surface area (Å²) in [4.78, 5) is 4.04. The van der Waals surface area contributed by atoms with E-state index >= 15 is 0 Å². The summed E-state index contributed by atoms with van der Waals surface area (Å²) in [6.45, 7) is 0. The molecule has 3 rings (SSSR count). The molecule has 0 spiro atoms. The van der Waals surface area contributed by atoms with E-state index in [2.05, 4.69) is 15.2 Å². The summed E-state index contributed by atoms with van der Waals surface area (Å²) in [7, 11) is 0. The number of benzene rings is 1. The summed E-state index contributed by atoms with van der Waals surface area (Å²) in [6, 6.07) is 8.39. The number of halogens is 2. The van der Waals surface area contributed by atoms with E-state index in [1.807, 2.05) is 12.1 Å². The Balaban J connectivity index is 1.66. The van der Waals surface area contributed by atoms with Crippen LogP contribution >= 0.6 is 23.4 Å². The first-order valence-corrected chi connectivity index (χ1v) is 7.85. The van der Waals surface area contributed by atoms with Gasteiger partial charge in [-0.2, -0.15) is 0 Å². The molecular weight excluding hydrogens is 325 g/mol. The van der Waals surface area contributed by atoms with Crippen molar-refractivity contribution in [3.8, 4) is 0 Å². The van der Waals surface area contributed by atoms with Crippen molar-refractivity contribution in [3.05, 3.63) is 70.6 Å². The Kier molecular flexibility index (Phi) is 4.70. The topological polar surface area (TPSA) is 51.8 Å². The van der Waals surface area contributed by atoms with Gasteiger partial charge in [-0.3, -0.25) is 4.98 Å². The number of hydrogen-bond donors (Lipinski definition) is 0. The van der Waals surface area contributed by atoms with Gasteiger partial charge in [0.15, 0.2) is 0 Å². The van der Waals surface area contributed by atoms with Gasteiger partial charge in [0.2, 0.25) is 5.89 Å². The summed E-state index contributed by atoms with van der Waals surface area (Å²) in [5.41, 5.74) is 1.42. The van der Waals surface area contributed by atoms with Crippen LogP contribution in [0.1, 0.15) is 17.0 Å². The summed E-state index contributed by atoms with van der Waals surface area (Å²) >= 11 is 7.39. The minimum Gasteiger partial charge on any atom is -0.416 e. The first-order chi connectivity index (χ1) is 10.7. The van der Waals surface area contributed by atoms with Gasteiger partial charge in [0, 0.05) is 28.7 Å². The molecule has 0 bridgehead atoms. The standard InChI is InChI=1S/C15H11ClFN3OS/c16-12-4-1-5-13(17)11(12)7-14-19-20-15(21-14)22-9-10-3-2-6-18-8-10/h1-6,8H,7,9H2. The summed E-state index contributed by atoms with van der Waals surface area (Å²) < 4.78 is 19.2. The smallest absolute Gasteiger partial charge is 0.276 e. The van der Waals surface area contributed by atoms with Crippen LogP contribution < -0.4 is 0 Å². The van der Waals surface area contributed by atoms with E-state index in [9.17, 15) is 4.39 Å². The number of rotatable bonds is 5. The number of hydrogen-bond acceptors (Lipinski definition) is 5. The van der Waals surface area contributed by atoms with Crippen molar-refractivity contribution in [1.29, 1.82) is 0 Å². The van der Waals surface area contributed by atoms with Crippen LogP contribution in [0, 0.1) is 5.82 Å². The third-order valence-corrected chi connectivity index (χ3v) is 4.17. The Morgan fingerprint density at radius 1 is 1.18 bits per heavy atom. The van der Waals surface area contributed by atoms with Crippen molar-refractivity contribution in [2.45, 2.75) is 17.4 Å². The second-order valence-electron chi connectivity index (χ2n) is 4.49. The van der Waals surface area contributed by atoms with Crippen molar-refractivity contribution in [2.24, 2.45) is 0 Å². The highest BCUT2D eigenvalue weighted by molar-refractivity contribution is 7.98. The maximum Gasteiger partial charge on any atom is 0.276 e. The highest BCUT2D eigenvalue weighted by Gasteiger charge is 2.13. The Labute approximate surface area is 135 Å². The Morgan fingerprint density at radius 3 is 2.86 bits per heavy atom. The van der Waals surface area contributed by atoms with Crippen molar-refractivity contribution in [1.82, 2.24) is 15.2 Å². The lowest BCUT2D eigenvalue weighted by atomic mass is 10.1. The molecule has 7 heteroatoms. The van der Waals surface area contributed by atoms with Gasteiger partial charge in [-0.25, -0.2) is 4.39 Å². The molecule has 2 heterocycles. The highest BCUT2D eigenvalue weighted by Crippen LogP contribution is 2.25. The first kappa shape index (κ1) is 15.0. The molecule has 3 aromatic rings. The van der Waals surface area contributed by atoms with E-state index in [0.717, 1.165) is 5.56 Å². The lowest BCUT2D eigenvalue weighted by molar-refractivity contribution is 0.418. The molecule has 0 saturated carbocycles. The van der Waals surface area contributed by atoms with E-state index in [-0.39, 0.29) is 12.2 Å². The third-order valence-electron chi connectivity index (χ3n) is 2.92. The summed E-state index contributed by atoms with van der Waals surface area (Å²) in [6.07, 6.45) is 3.67. The molecule has 22 heavy (non-hydrogen) atoms. The van der Waals surface area contributed by atoms with Crippen LogP contribution in [0.25, 0.3) is 0 Å². The van der Waals surface area contributed by atoms with Gasteiger partial charge in [-0.15, -0.1) is 10.2 Å². The zero-order valence-electron chi connectivity index (χ0n) is 11.4. The fourth-order valence-electron chi connectivity index (χ4n) is 1.85. The van der Waals surface area contributed by atoms with Gasteiger partial charge >= 0.3 is 0 Å². The van der Waals surface area contributed by atoms with Gasteiger partial charge in [0.05, 0.1) is 6.42 Å². The Bertz CT molecular complexity index is 746. The molecule has 0 N–H and O–H groups in total. The molecular formula is C15H11ClFN3OS. The minimum atomic E-state index is -0.379. The third kappa shape index (κ3) is 3.64. The zero-order valence-corrected chi connectivity index (χ0v) is 12.9. The van der Waals surface area contributed by atoms with Crippen molar-refractivity contribution in [2.75, 3.05) is 0 Å². The molecule has 0 saturated heterocycles. The van der Waals surface area contributed by atoms with Gasteiger partial charge in [0.25, 0.3) is 5.22 Å². The van der Waals surface area contributed by atoms with Gasteiger partial charge in [-0.1, -0.05) is 35.5 Å². The van der Waals surface area contributed by atoms with Gasteiger partial charge in [0.1, 0.15) is 5.82 Å². The van der Waals surface area contributed by atoms with Gasteiger partial charge < -0.3 is 4.42 Å². The second kappa shape index (κ2) is 6.89. The van der Waals surface area contributed by atoms with E-state index in [1.54, 1.807) is 24.5 Å². The van der Waals surface area contributed by atoms with Crippen LogP contribution in [-0.2, 0) is 12.2 Å². The van der Waals surface area contributed by atoms with Crippen molar-refractivity contribution >= 4 is 23.4 Å². The zero-order chi connectivity index (χ0) is 15.4. The normalized spacial score (nSPS) is 10.8. The van der Waals surface area contributed by atoms with Crippen molar-refractivity contribution < 1.29 is 8.81 Å².